The Morgan fingerprint density at radius 3 is 3.00 bits per heavy atom. The molecule has 0 radical (unpaired) electrons. The van der Waals surface area contributed by atoms with Crippen molar-refractivity contribution in [2.75, 3.05) is 0 Å². The second-order valence-electron chi connectivity index (χ2n) is 2.13. The minimum absolute atomic E-state index is 0.189. The fraction of sp³-hybridized carbons (Fsp3) is 0.125. The molecule has 0 fully saturated rings. The molecule has 0 aliphatic rings. The van der Waals surface area contributed by atoms with E-state index in [-0.39, 0.29) is 6.04 Å². The Hall–Kier alpha value is -0.670. The smallest absolute Gasteiger partial charge is 0.0751 e. The Balaban J connectivity index is 3.02. The molecule has 0 aromatic carbocycles. The summed E-state index contributed by atoms with van der Waals surface area (Å²) >= 11 is 3.35. The third kappa shape index (κ3) is 1.88. The van der Waals surface area contributed by atoms with Gasteiger partial charge in [0.25, 0.3) is 0 Å². The van der Waals surface area contributed by atoms with Gasteiger partial charge in [0.1, 0.15) is 0 Å². The minimum atomic E-state index is -0.189. The van der Waals surface area contributed by atoms with E-state index in [4.69, 9.17) is 5.73 Å². The Labute approximate surface area is 74.3 Å². The Morgan fingerprint density at radius 2 is 2.45 bits per heavy atom. The number of nitrogens with zero attached hydrogens (tertiary/aromatic N) is 1. The third-order valence-corrected chi connectivity index (χ3v) is 2.03. The zero-order valence-corrected chi connectivity index (χ0v) is 7.58. The van der Waals surface area contributed by atoms with E-state index in [0.717, 1.165) is 10.2 Å². The van der Waals surface area contributed by atoms with Crippen LogP contribution in [0.15, 0.2) is 35.5 Å². The molecule has 2 nitrogen and oxygen atoms in total. The van der Waals surface area contributed by atoms with Crippen molar-refractivity contribution in [1.82, 2.24) is 4.98 Å². The van der Waals surface area contributed by atoms with Gasteiger partial charge in [-0.3, -0.25) is 4.98 Å². The fourth-order valence-electron chi connectivity index (χ4n) is 0.755. The zero-order chi connectivity index (χ0) is 8.27. The standard InChI is InChI=1S/C8H9BrN2/c1-2-7(10)8-6(9)4-3-5-11-8/h2-5,7H,1,10H2. The maximum absolute atomic E-state index is 5.68. The Morgan fingerprint density at radius 1 is 1.73 bits per heavy atom. The van der Waals surface area contributed by atoms with Gasteiger partial charge in [-0.05, 0) is 28.1 Å². The molecule has 0 spiro atoms. The number of rotatable bonds is 2. The predicted octanol–water partition coefficient (Wildman–Crippen LogP) is 2.03. The predicted molar refractivity (Wildman–Crippen MR) is 49.1 cm³/mol. The number of hydrogen-bond acceptors (Lipinski definition) is 2. The van der Waals surface area contributed by atoms with E-state index < -0.39 is 0 Å². The van der Waals surface area contributed by atoms with Crippen molar-refractivity contribution < 1.29 is 0 Å². The van der Waals surface area contributed by atoms with E-state index in [9.17, 15) is 0 Å². The normalized spacial score (nSPS) is 12.5. The summed E-state index contributed by atoms with van der Waals surface area (Å²) in [7, 11) is 0. The quantitative estimate of drug-likeness (QED) is 0.763. The molecule has 0 bridgehead atoms. The van der Waals surface area contributed by atoms with Gasteiger partial charge < -0.3 is 5.73 Å². The van der Waals surface area contributed by atoms with Crippen LogP contribution in [0, 0.1) is 0 Å². The van der Waals surface area contributed by atoms with Crippen molar-refractivity contribution in [3.63, 3.8) is 0 Å². The van der Waals surface area contributed by atoms with Crippen molar-refractivity contribution in [2.24, 2.45) is 5.73 Å². The van der Waals surface area contributed by atoms with Gasteiger partial charge >= 0.3 is 0 Å². The van der Waals surface area contributed by atoms with Crippen molar-refractivity contribution >= 4 is 15.9 Å². The topological polar surface area (TPSA) is 38.9 Å². The van der Waals surface area contributed by atoms with E-state index in [1.807, 2.05) is 12.1 Å². The molecule has 1 rings (SSSR count). The van der Waals surface area contributed by atoms with Crippen LogP contribution in [0.4, 0.5) is 0 Å². The molecule has 1 atom stereocenters. The van der Waals surface area contributed by atoms with Crippen LogP contribution in [0.1, 0.15) is 11.7 Å². The first-order valence-corrected chi connectivity index (χ1v) is 4.03. The van der Waals surface area contributed by atoms with Crippen LogP contribution in [0.3, 0.4) is 0 Å². The van der Waals surface area contributed by atoms with E-state index in [1.54, 1.807) is 12.3 Å². The number of aromatic nitrogens is 1. The summed E-state index contributed by atoms with van der Waals surface area (Å²) in [5, 5.41) is 0. The van der Waals surface area contributed by atoms with Gasteiger partial charge in [0.2, 0.25) is 0 Å². The molecule has 1 aromatic heterocycles. The summed E-state index contributed by atoms with van der Waals surface area (Å²) in [6, 6.07) is 3.57. The van der Waals surface area contributed by atoms with Gasteiger partial charge in [0, 0.05) is 10.7 Å². The van der Waals surface area contributed by atoms with Crippen molar-refractivity contribution in [2.45, 2.75) is 6.04 Å². The molecule has 0 aliphatic carbocycles. The van der Waals surface area contributed by atoms with Gasteiger partial charge in [0.05, 0.1) is 11.7 Å². The maximum Gasteiger partial charge on any atom is 0.0751 e. The second-order valence-corrected chi connectivity index (χ2v) is 2.99. The average Bonchev–Trinajstić information content (AvgIpc) is 2.04. The number of pyridine rings is 1. The first-order valence-electron chi connectivity index (χ1n) is 3.24. The van der Waals surface area contributed by atoms with Gasteiger partial charge in [-0.1, -0.05) is 6.08 Å². The first kappa shape index (κ1) is 8.43. The van der Waals surface area contributed by atoms with Gasteiger partial charge in [-0.15, -0.1) is 6.58 Å². The highest BCUT2D eigenvalue weighted by Gasteiger charge is 2.05. The van der Waals surface area contributed by atoms with Crippen molar-refractivity contribution in [3.05, 3.63) is 41.2 Å². The lowest BCUT2D eigenvalue weighted by Gasteiger charge is -2.06. The monoisotopic (exact) mass is 212 g/mol. The zero-order valence-electron chi connectivity index (χ0n) is 6.00. The van der Waals surface area contributed by atoms with E-state index in [2.05, 4.69) is 27.5 Å². The van der Waals surface area contributed by atoms with Crippen molar-refractivity contribution in [1.29, 1.82) is 0 Å². The minimum Gasteiger partial charge on any atom is -0.319 e. The number of nitrogens with two attached hydrogens (primary N) is 1. The van der Waals surface area contributed by atoms with Crippen molar-refractivity contribution in [3.8, 4) is 0 Å². The molecule has 58 valence electrons. The van der Waals surface area contributed by atoms with Gasteiger partial charge in [-0.2, -0.15) is 0 Å². The summed E-state index contributed by atoms with van der Waals surface area (Å²) in [5.74, 6) is 0. The summed E-state index contributed by atoms with van der Waals surface area (Å²) in [6.45, 7) is 3.59. The van der Waals surface area contributed by atoms with Crippen LogP contribution in [0.25, 0.3) is 0 Å². The van der Waals surface area contributed by atoms with Crippen LogP contribution < -0.4 is 5.73 Å². The molecule has 0 aliphatic heterocycles. The molecule has 1 heterocycles. The second kappa shape index (κ2) is 3.64. The Kier molecular flexibility index (Phi) is 2.79. The molecule has 0 saturated heterocycles. The largest absolute Gasteiger partial charge is 0.319 e. The molecule has 3 heteroatoms. The highest BCUT2D eigenvalue weighted by atomic mass is 79.9. The Bertz CT molecular complexity index is 260. The molecule has 1 unspecified atom stereocenters. The summed E-state index contributed by atoms with van der Waals surface area (Å²) in [4.78, 5) is 4.11. The molecular weight excluding hydrogens is 204 g/mol. The van der Waals surface area contributed by atoms with Gasteiger partial charge in [-0.25, -0.2) is 0 Å². The molecule has 0 amide bonds. The first-order chi connectivity index (χ1) is 5.25. The summed E-state index contributed by atoms with van der Waals surface area (Å²) in [6.07, 6.45) is 3.37. The number of halogens is 1. The lowest BCUT2D eigenvalue weighted by atomic mass is 10.2. The molecular formula is C8H9BrN2. The van der Waals surface area contributed by atoms with E-state index >= 15 is 0 Å². The lowest BCUT2D eigenvalue weighted by molar-refractivity contribution is 0.856. The summed E-state index contributed by atoms with van der Waals surface area (Å²) < 4.78 is 0.924. The van der Waals surface area contributed by atoms with E-state index in [1.165, 1.54) is 0 Å². The molecule has 0 saturated carbocycles. The van der Waals surface area contributed by atoms with Gasteiger partial charge in [0.15, 0.2) is 0 Å². The van der Waals surface area contributed by atoms with Crippen LogP contribution in [-0.2, 0) is 0 Å². The highest BCUT2D eigenvalue weighted by molar-refractivity contribution is 9.10. The highest BCUT2D eigenvalue weighted by Crippen LogP contribution is 2.18. The fourth-order valence-corrected chi connectivity index (χ4v) is 1.27. The van der Waals surface area contributed by atoms with Crippen LogP contribution in [0.2, 0.25) is 0 Å². The SMILES string of the molecule is C=CC(N)c1ncccc1Br. The summed E-state index contributed by atoms with van der Waals surface area (Å²) in [5.41, 5.74) is 6.51. The lowest BCUT2D eigenvalue weighted by Crippen LogP contribution is -2.08. The maximum atomic E-state index is 5.68. The molecule has 11 heavy (non-hydrogen) atoms. The third-order valence-electron chi connectivity index (χ3n) is 1.36. The van der Waals surface area contributed by atoms with Crippen LogP contribution >= 0.6 is 15.9 Å². The van der Waals surface area contributed by atoms with Crippen LogP contribution in [0.5, 0.6) is 0 Å². The molecule has 1 aromatic rings. The van der Waals surface area contributed by atoms with E-state index in [0.29, 0.717) is 0 Å². The molecule has 2 N–H and O–H groups in total. The van der Waals surface area contributed by atoms with Crippen LogP contribution in [-0.4, -0.2) is 4.98 Å². The number of hydrogen-bond donors (Lipinski definition) is 1. The average molecular weight is 213 g/mol.